The summed E-state index contributed by atoms with van der Waals surface area (Å²) in [6.45, 7) is 9.35. The molecule has 0 spiro atoms. The molecule has 1 N–H and O–H groups in total. The van der Waals surface area contributed by atoms with E-state index in [2.05, 4.69) is 23.7 Å². The molecule has 9 nitrogen and oxygen atoms in total. The minimum Gasteiger partial charge on any atom is -0.507 e. The maximum absolute atomic E-state index is 13.9. The smallest absolute Gasteiger partial charge is 0.338 e. The van der Waals surface area contributed by atoms with Crippen LogP contribution in [-0.4, -0.2) is 49.6 Å². The Hall–Kier alpha value is -4.05. The summed E-state index contributed by atoms with van der Waals surface area (Å²) in [6.07, 6.45) is 1.65. The number of carbonyl (C=O) groups excluding carboxylic acids is 1. The topological polar surface area (TPSA) is 103 Å². The summed E-state index contributed by atoms with van der Waals surface area (Å²) >= 11 is 1.19. The molecule has 0 saturated heterocycles. The lowest BCUT2D eigenvalue weighted by atomic mass is 9.95. The van der Waals surface area contributed by atoms with Gasteiger partial charge in [-0.2, -0.15) is 0 Å². The van der Waals surface area contributed by atoms with Crippen LogP contribution in [0.15, 0.2) is 57.5 Å². The second-order valence-corrected chi connectivity index (χ2v) is 9.83. The number of aromatic hydroxyl groups is 1. The number of phenols is 1. The molecule has 0 amide bonds. The predicted molar refractivity (Wildman–Crippen MR) is 152 cm³/mol. The summed E-state index contributed by atoms with van der Waals surface area (Å²) < 4.78 is 18.2. The number of nitrogens with zero attached hydrogens (tertiary/aromatic N) is 3. The number of hydrogen-bond donors (Lipinski definition) is 1. The lowest BCUT2D eigenvalue weighted by Gasteiger charge is -2.26. The molecule has 0 saturated carbocycles. The Balaban J connectivity index is 1.93. The fourth-order valence-corrected chi connectivity index (χ4v) is 5.75. The number of esters is 1. The third-order valence-electron chi connectivity index (χ3n) is 6.68. The Morgan fingerprint density at radius 1 is 1.13 bits per heavy atom. The maximum atomic E-state index is 13.9. The van der Waals surface area contributed by atoms with E-state index in [0.29, 0.717) is 37.7 Å². The van der Waals surface area contributed by atoms with E-state index in [1.807, 2.05) is 6.07 Å². The van der Waals surface area contributed by atoms with Crippen molar-refractivity contribution in [1.29, 1.82) is 0 Å². The van der Waals surface area contributed by atoms with Crippen molar-refractivity contribution in [3.63, 3.8) is 0 Å². The Labute approximate surface area is 230 Å². The van der Waals surface area contributed by atoms with Crippen LogP contribution in [0.25, 0.3) is 6.08 Å². The monoisotopic (exact) mass is 551 g/mol. The summed E-state index contributed by atoms with van der Waals surface area (Å²) in [6, 6.07) is 9.81. The van der Waals surface area contributed by atoms with Gasteiger partial charge in [-0.05, 0) is 58.0 Å². The number of aromatic nitrogens is 1. The molecule has 10 heteroatoms. The lowest BCUT2D eigenvalue weighted by molar-refractivity contribution is -0.139. The van der Waals surface area contributed by atoms with E-state index >= 15 is 0 Å². The van der Waals surface area contributed by atoms with E-state index in [1.165, 1.54) is 23.0 Å². The van der Waals surface area contributed by atoms with Crippen molar-refractivity contribution >= 4 is 29.1 Å². The number of allylic oxidation sites excluding steroid dienone is 1. The molecule has 3 aromatic rings. The molecule has 0 bridgehead atoms. The Morgan fingerprint density at radius 3 is 2.49 bits per heavy atom. The van der Waals surface area contributed by atoms with Crippen LogP contribution in [-0.2, 0) is 9.53 Å². The van der Waals surface area contributed by atoms with Crippen LogP contribution in [0.1, 0.15) is 44.9 Å². The summed E-state index contributed by atoms with van der Waals surface area (Å²) in [7, 11) is 3.07. The van der Waals surface area contributed by atoms with Gasteiger partial charge in [-0.3, -0.25) is 9.36 Å². The second kappa shape index (κ2) is 11.8. The van der Waals surface area contributed by atoms with Gasteiger partial charge in [-0.25, -0.2) is 9.79 Å². The zero-order valence-electron chi connectivity index (χ0n) is 23.0. The molecule has 0 radical (unpaired) electrons. The van der Waals surface area contributed by atoms with Gasteiger partial charge < -0.3 is 24.2 Å². The van der Waals surface area contributed by atoms with Crippen molar-refractivity contribution in [1.82, 2.24) is 4.57 Å². The lowest BCUT2D eigenvalue weighted by Crippen LogP contribution is -2.40. The average molecular weight is 552 g/mol. The van der Waals surface area contributed by atoms with Gasteiger partial charge >= 0.3 is 5.97 Å². The van der Waals surface area contributed by atoms with Crippen molar-refractivity contribution in [2.75, 3.05) is 38.8 Å². The fraction of sp³-hybridized carbons (Fsp3) is 0.345. The molecule has 4 rings (SSSR count). The number of methoxy groups -OCH3 is 2. The van der Waals surface area contributed by atoms with Crippen LogP contribution in [0.4, 0.5) is 5.69 Å². The van der Waals surface area contributed by atoms with Crippen LogP contribution in [0.2, 0.25) is 0 Å². The van der Waals surface area contributed by atoms with Crippen LogP contribution in [0.3, 0.4) is 0 Å². The molecule has 2 heterocycles. The van der Waals surface area contributed by atoms with Crippen molar-refractivity contribution in [3.05, 3.63) is 78.5 Å². The molecule has 2 aromatic carbocycles. The molecule has 0 unspecified atom stereocenters. The van der Waals surface area contributed by atoms with Crippen LogP contribution >= 0.6 is 11.3 Å². The summed E-state index contributed by atoms with van der Waals surface area (Å²) in [5, 5.41) is 10.8. The highest BCUT2D eigenvalue weighted by molar-refractivity contribution is 7.07. The predicted octanol–water partition coefficient (Wildman–Crippen LogP) is 3.37. The van der Waals surface area contributed by atoms with E-state index in [0.717, 1.165) is 18.8 Å². The fourth-order valence-electron chi connectivity index (χ4n) is 4.71. The number of carbonyl (C=O) groups is 1. The highest BCUT2D eigenvalue weighted by Gasteiger charge is 2.35. The van der Waals surface area contributed by atoms with E-state index < -0.39 is 12.0 Å². The molecule has 39 heavy (non-hydrogen) atoms. The number of benzene rings is 2. The maximum Gasteiger partial charge on any atom is 0.338 e. The molecule has 0 aliphatic carbocycles. The first-order chi connectivity index (χ1) is 18.8. The highest BCUT2D eigenvalue weighted by atomic mass is 32.1. The number of fused-ring (bicyclic) bond motifs is 1. The molecule has 0 fully saturated rings. The summed E-state index contributed by atoms with van der Waals surface area (Å²) in [5.74, 6) is 0.544. The van der Waals surface area contributed by atoms with Crippen molar-refractivity contribution < 1.29 is 24.1 Å². The standard InChI is InChI=1S/C29H33N3O6S/c1-7-31(8-2)19-11-10-18(22(33)15-19)14-24-27(34)32-26(21-13-12-20(36-5)16-23(21)37-6)25(28(35)38-9-3)17(4)30-29(32)39-24/h10-16,26,33H,7-9H2,1-6H3/b24-14-/t26-/m0/s1. The molecule has 1 aliphatic rings. The summed E-state index contributed by atoms with van der Waals surface area (Å²) in [4.78, 5) is 34.2. The average Bonchev–Trinajstić information content (AvgIpc) is 3.23. The Morgan fingerprint density at radius 2 is 1.87 bits per heavy atom. The molecule has 1 atom stereocenters. The van der Waals surface area contributed by atoms with Gasteiger partial charge in [0.1, 0.15) is 23.3 Å². The number of rotatable bonds is 9. The SMILES string of the molecule is CCOC(=O)C1=C(C)N=c2s/c(=C\c3ccc(N(CC)CC)cc3O)c(=O)n2[C@H]1c1ccc(OC)cc1OC. The first-order valence-corrected chi connectivity index (χ1v) is 13.6. The van der Waals surface area contributed by atoms with Crippen molar-refractivity contribution in [2.45, 2.75) is 33.7 Å². The number of anilines is 1. The molecular weight excluding hydrogens is 518 g/mol. The number of ether oxygens (including phenoxy) is 3. The van der Waals surface area contributed by atoms with E-state index in [9.17, 15) is 14.7 Å². The second-order valence-electron chi connectivity index (χ2n) is 8.83. The van der Waals surface area contributed by atoms with Gasteiger partial charge in [0.05, 0.1) is 36.6 Å². The number of phenolic OH excluding ortho intramolecular Hbond substituents is 1. The zero-order chi connectivity index (χ0) is 28.3. The Kier molecular flexibility index (Phi) is 8.44. The molecular formula is C29H33N3O6S. The minimum absolute atomic E-state index is 0.0713. The van der Waals surface area contributed by atoms with E-state index in [-0.39, 0.29) is 23.5 Å². The van der Waals surface area contributed by atoms with Gasteiger partial charge in [0.25, 0.3) is 5.56 Å². The largest absolute Gasteiger partial charge is 0.507 e. The van der Waals surface area contributed by atoms with Gasteiger partial charge in [0.15, 0.2) is 4.80 Å². The van der Waals surface area contributed by atoms with Crippen LogP contribution in [0, 0.1) is 0 Å². The Bertz CT molecular complexity index is 1600. The van der Waals surface area contributed by atoms with E-state index in [1.54, 1.807) is 57.4 Å². The quantitative estimate of drug-likeness (QED) is 0.407. The van der Waals surface area contributed by atoms with Crippen LogP contribution < -0.4 is 29.3 Å². The van der Waals surface area contributed by atoms with Gasteiger partial charge in [0, 0.05) is 42.0 Å². The van der Waals surface area contributed by atoms with Crippen LogP contribution in [0.5, 0.6) is 17.2 Å². The van der Waals surface area contributed by atoms with E-state index in [4.69, 9.17) is 14.2 Å². The number of thiazole rings is 1. The van der Waals surface area contributed by atoms with Crippen molar-refractivity contribution in [2.24, 2.45) is 4.99 Å². The normalized spacial score (nSPS) is 15.0. The van der Waals surface area contributed by atoms with Gasteiger partial charge in [-0.1, -0.05) is 11.3 Å². The first kappa shape index (κ1) is 28.0. The van der Waals surface area contributed by atoms with Gasteiger partial charge in [0.2, 0.25) is 0 Å². The van der Waals surface area contributed by atoms with Gasteiger partial charge in [-0.15, -0.1) is 0 Å². The minimum atomic E-state index is -0.832. The number of hydrogen-bond acceptors (Lipinski definition) is 9. The molecule has 1 aromatic heterocycles. The molecule has 1 aliphatic heterocycles. The first-order valence-electron chi connectivity index (χ1n) is 12.8. The third-order valence-corrected chi connectivity index (χ3v) is 7.66. The third kappa shape index (κ3) is 5.29. The summed E-state index contributed by atoms with van der Waals surface area (Å²) in [5.41, 5.74) is 2.37. The highest BCUT2D eigenvalue weighted by Crippen LogP contribution is 2.37. The zero-order valence-corrected chi connectivity index (χ0v) is 23.8. The molecule has 206 valence electrons. The van der Waals surface area contributed by atoms with Crippen molar-refractivity contribution in [3.8, 4) is 17.2 Å².